The first kappa shape index (κ1) is 10.3. The Kier molecular flexibility index (Phi) is 2.13. The van der Waals surface area contributed by atoms with Crippen LogP contribution in [0.15, 0.2) is 24.3 Å². The molecule has 86 valence electrons. The molecule has 2 heteroatoms. The average Bonchev–Trinajstić information content (AvgIpc) is 2.89. The Balaban J connectivity index is 2.06. The Labute approximate surface area is 96.5 Å². The van der Waals surface area contributed by atoms with Gasteiger partial charge in [0.1, 0.15) is 0 Å². The zero-order valence-corrected chi connectivity index (χ0v) is 9.58. The molecule has 2 aliphatic carbocycles. The normalized spacial score (nSPS) is 25.6. The van der Waals surface area contributed by atoms with Gasteiger partial charge in [-0.2, -0.15) is 0 Å². The second-order valence-corrected chi connectivity index (χ2v) is 5.44. The monoisotopic (exact) mass is 217 g/mol. The van der Waals surface area contributed by atoms with E-state index in [0.717, 1.165) is 31.2 Å². The Morgan fingerprint density at radius 3 is 2.06 bits per heavy atom. The highest BCUT2D eigenvalue weighted by Gasteiger charge is 2.46. The molecule has 2 fully saturated rings. The van der Waals surface area contributed by atoms with Gasteiger partial charge in [-0.15, -0.1) is 0 Å². The van der Waals surface area contributed by atoms with Crippen LogP contribution in [0.5, 0.6) is 0 Å². The third kappa shape index (κ3) is 1.48. The maximum Gasteiger partial charge on any atom is 0.0902 e. The van der Waals surface area contributed by atoms with Gasteiger partial charge in [-0.3, -0.25) is 0 Å². The quantitative estimate of drug-likeness (QED) is 0.799. The molecule has 0 atom stereocenters. The van der Waals surface area contributed by atoms with Crippen LogP contribution in [0.4, 0.5) is 0 Å². The van der Waals surface area contributed by atoms with Gasteiger partial charge >= 0.3 is 0 Å². The summed E-state index contributed by atoms with van der Waals surface area (Å²) in [6.07, 6.45) is 6.31. The molecule has 0 aromatic heterocycles. The lowest BCUT2D eigenvalue weighted by Gasteiger charge is -2.28. The highest BCUT2D eigenvalue weighted by atomic mass is 16.3. The van der Waals surface area contributed by atoms with E-state index >= 15 is 0 Å². The van der Waals surface area contributed by atoms with Crippen molar-refractivity contribution >= 4 is 0 Å². The fraction of sp³-hybridized carbons (Fsp3) is 0.571. The number of benzene rings is 1. The van der Waals surface area contributed by atoms with Gasteiger partial charge in [-0.1, -0.05) is 37.1 Å². The van der Waals surface area contributed by atoms with Crippen molar-refractivity contribution in [3.8, 4) is 0 Å². The molecule has 0 amide bonds. The maximum absolute atomic E-state index is 10.3. The molecule has 0 aliphatic heterocycles. The third-order valence-corrected chi connectivity index (χ3v) is 4.18. The van der Waals surface area contributed by atoms with Crippen molar-refractivity contribution in [1.29, 1.82) is 0 Å². The maximum atomic E-state index is 10.3. The predicted octanol–water partition coefficient (Wildman–Crippen LogP) is 2.40. The first-order chi connectivity index (χ1) is 7.64. The second-order valence-electron chi connectivity index (χ2n) is 5.44. The van der Waals surface area contributed by atoms with Gasteiger partial charge in [0.2, 0.25) is 0 Å². The summed E-state index contributed by atoms with van der Waals surface area (Å²) in [4.78, 5) is 0. The van der Waals surface area contributed by atoms with Crippen LogP contribution in [-0.2, 0) is 11.1 Å². The minimum Gasteiger partial charge on any atom is -0.385 e. The molecule has 0 bridgehead atoms. The van der Waals surface area contributed by atoms with Crippen LogP contribution in [0.25, 0.3) is 0 Å². The minimum atomic E-state index is -0.564. The molecule has 3 N–H and O–H groups in total. The largest absolute Gasteiger partial charge is 0.385 e. The van der Waals surface area contributed by atoms with Crippen LogP contribution in [-0.4, -0.2) is 5.11 Å². The Morgan fingerprint density at radius 1 is 0.938 bits per heavy atom. The molecule has 1 aromatic rings. The number of hydrogen-bond acceptors (Lipinski definition) is 2. The molecule has 2 nitrogen and oxygen atoms in total. The van der Waals surface area contributed by atoms with Crippen molar-refractivity contribution in [3.05, 3.63) is 35.4 Å². The van der Waals surface area contributed by atoms with E-state index < -0.39 is 5.60 Å². The van der Waals surface area contributed by atoms with Crippen molar-refractivity contribution in [2.75, 3.05) is 0 Å². The number of rotatable bonds is 2. The zero-order valence-electron chi connectivity index (χ0n) is 9.58. The molecular formula is C14H19NO. The summed E-state index contributed by atoms with van der Waals surface area (Å²) in [5.74, 6) is 0. The van der Waals surface area contributed by atoms with E-state index in [0.29, 0.717) is 0 Å². The summed E-state index contributed by atoms with van der Waals surface area (Å²) >= 11 is 0. The van der Waals surface area contributed by atoms with E-state index in [1.54, 1.807) is 0 Å². The summed E-state index contributed by atoms with van der Waals surface area (Å²) in [6, 6.07) is 8.21. The molecular weight excluding hydrogens is 198 g/mol. The van der Waals surface area contributed by atoms with E-state index in [1.165, 1.54) is 18.4 Å². The Bertz CT molecular complexity index is 403. The van der Waals surface area contributed by atoms with E-state index in [4.69, 9.17) is 5.73 Å². The second kappa shape index (κ2) is 3.31. The highest BCUT2D eigenvalue weighted by Crippen LogP contribution is 2.50. The zero-order chi connectivity index (χ0) is 11.2. The summed E-state index contributed by atoms with van der Waals surface area (Å²) in [5.41, 5.74) is 8.02. The van der Waals surface area contributed by atoms with Gasteiger partial charge in [0, 0.05) is 5.54 Å². The van der Waals surface area contributed by atoms with E-state index in [2.05, 4.69) is 12.1 Å². The van der Waals surface area contributed by atoms with Crippen LogP contribution in [0, 0.1) is 0 Å². The lowest BCUT2D eigenvalue weighted by atomic mass is 9.83. The molecule has 16 heavy (non-hydrogen) atoms. The highest BCUT2D eigenvalue weighted by molar-refractivity contribution is 5.40. The lowest BCUT2D eigenvalue weighted by molar-refractivity contribution is 0.148. The topological polar surface area (TPSA) is 46.2 Å². The van der Waals surface area contributed by atoms with E-state index in [9.17, 15) is 5.11 Å². The number of hydrogen-bond donors (Lipinski definition) is 2. The van der Waals surface area contributed by atoms with Gasteiger partial charge in [0.15, 0.2) is 0 Å². The average molecular weight is 217 g/mol. The van der Waals surface area contributed by atoms with E-state index in [-0.39, 0.29) is 5.54 Å². The molecule has 0 saturated heterocycles. The summed E-state index contributed by atoms with van der Waals surface area (Å²) in [6.45, 7) is 0. The molecule has 1 aromatic carbocycles. The van der Waals surface area contributed by atoms with Crippen molar-refractivity contribution in [2.24, 2.45) is 5.73 Å². The molecule has 0 unspecified atom stereocenters. The van der Waals surface area contributed by atoms with Crippen molar-refractivity contribution < 1.29 is 5.11 Å². The van der Waals surface area contributed by atoms with Gasteiger partial charge < -0.3 is 10.8 Å². The molecule has 0 radical (unpaired) electrons. The van der Waals surface area contributed by atoms with Crippen LogP contribution in [0.2, 0.25) is 0 Å². The van der Waals surface area contributed by atoms with Gasteiger partial charge in [0.05, 0.1) is 5.60 Å². The minimum absolute atomic E-state index is 0.186. The SMILES string of the molecule is NC1(c2ccccc2C2(O)CC2)CCCC1. The van der Waals surface area contributed by atoms with Crippen molar-refractivity contribution in [1.82, 2.24) is 0 Å². The standard InChI is InChI=1S/C14H19NO/c15-13(7-3-4-8-13)11-5-1-2-6-12(11)14(16)9-10-14/h1-2,5-6,16H,3-4,7-10,15H2. The Hall–Kier alpha value is -0.860. The first-order valence-electron chi connectivity index (χ1n) is 6.25. The van der Waals surface area contributed by atoms with Crippen LogP contribution in [0.3, 0.4) is 0 Å². The van der Waals surface area contributed by atoms with E-state index in [1.807, 2.05) is 12.1 Å². The molecule has 3 rings (SSSR count). The van der Waals surface area contributed by atoms with Gasteiger partial charge in [0.25, 0.3) is 0 Å². The summed E-state index contributed by atoms with van der Waals surface area (Å²) in [5, 5.41) is 10.3. The Morgan fingerprint density at radius 2 is 1.50 bits per heavy atom. The lowest BCUT2D eigenvalue weighted by Crippen LogP contribution is -2.35. The van der Waals surface area contributed by atoms with Crippen molar-refractivity contribution in [3.63, 3.8) is 0 Å². The van der Waals surface area contributed by atoms with Crippen molar-refractivity contribution in [2.45, 2.75) is 49.7 Å². The van der Waals surface area contributed by atoms with Gasteiger partial charge in [-0.05, 0) is 36.8 Å². The first-order valence-corrected chi connectivity index (χ1v) is 6.25. The van der Waals surface area contributed by atoms with Crippen LogP contribution in [0.1, 0.15) is 49.7 Å². The summed E-state index contributed by atoms with van der Waals surface area (Å²) in [7, 11) is 0. The summed E-state index contributed by atoms with van der Waals surface area (Å²) < 4.78 is 0. The molecule has 2 aliphatic rings. The number of aliphatic hydroxyl groups is 1. The fourth-order valence-corrected chi connectivity index (χ4v) is 2.99. The van der Waals surface area contributed by atoms with Crippen LogP contribution < -0.4 is 5.73 Å². The van der Waals surface area contributed by atoms with Gasteiger partial charge in [-0.25, -0.2) is 0 Å². The number of nitrogens with two attached hydrogens (primary N) is 1. The predicted molar refractivity (Wildman–Crippen MR) is 63.9 cm³/mol. The third-order valence-electron chi connectivity index (χ3n) is 4.18. The molecule has 0 heterocycles. The molecule has 2 saturated carbocycles. The smallest absolute Gasteiger partial charge is 0.0902 e. The van der Waals surface area contributed by atoms with Crippen LogP contribution >= 0.6 is 0 Å². The molecule has 0 spiro atoms. The fourth-order valence-electron chi connectivity index (χ4n) is 2.99.